The third-order valence-corrected chi connectivity index (χ3v) is 4.91. The molecular formula is C22H19FN4O2. The fourth-order valence-electron chi connectivity index (χ4n) is 3.51. The van der Waals surface area contributed by atoms with Crippen molar-refractivity contribution < 1.29 is 14.2 Å². The van der Waals surface area contributed by atoms with Gasteiger partial charge in [-0.05, 0) is 30.3 Å². The quantitative estimate of drug-likeness (QED) is 0.720. The average Bonchev–Trinajstić information content (AvgIpc) is 3.23. The minimum absolute atomic E-state index is 0.00307. The lowest BCUT2D eigenvalue weighted by molar-refractivity contribution is 0.205. The topological polar surface area (TPSA) is 82.3 Å². The zero-order valence-electron chi connectivity index (χ0n) is 15.6. The minimum atomic E-state index is -0.482. The molecule has 0 aliphatic carbocycles. The highest BCUT2D eigenvalue weighted by Gasteiger charge is 2.27. The van der Waals surface area contributed by atoms with Crippen molar-refractivity contribution in [1.29, 1.82) is 5.26 Å². The molecule has 2 aromatic heterocycles. The first-order valence-corrected chi connectivity index (χ1v) is 9.32. The Balaban J connectivity index is 1.55. The Morgan fingerprint density at radius 2 is 2.07 bits per heavy atom. The Morgan fingerprint density at radius 3 is 2.86 bits per heavy atom. The Labute approximate surface area is 167 Å². The standard InChI is InChI=1S/C22H19FN4O2/c23-18-6-3-10-25-22(18)29-16-9-11-27(13-16)21-8-7-19(26-20(21)14-28)17-5-2-1-4-15(17)12-24/h1-8,10,16,28H,9,11,13-14H2/t16-/m0/s1. The van der Waals surface area contributed by atoms with E-state index in [4.69, 9.17) is 4.74 Å². The predicted octanol–water partition coefficient (Wildman–Crippen LogP) is 3.30. The number of hydrogen-bond donors (Lipinski definition) is 1. The van der Waals surface area contributed by atoms with Gasteiger partial charge in [-0.3, -0.25) is 0 Å². The van der Waals surface area contributed by atoms with E-state index < -0.39 is 5.82 Å². The summed E-state index contributed by atoms with van der Waals surface area (Å²) in [5.74, 6) is -0.479. The molecule has 7 heteroatoms. The number of aliphatic hydroxyl groups is 1. The second kappa shape index (κ2) is 8.25. The van der Waals surface area contributed by atoms with E-state index in [0.29, 0.717) is 36.5 Å². The van der Waals surface area contributed by atoms with Gasteiger partial charge >= 0.3 is 0 Å². The molecule has 1 aromatic carbocycles. The number of anilines is 1. The molecule has 0 unspecified atom stereocenters. The van der Waals surface area contributed by atoms with Crippen molar-refractivity contribution in [2.45, 2.75) is 19.1 Å². The minimum Gasteiger partial charge on any atom is -0.470 e. The molecule has 29 heavy (non-hydrogen) atoms. The number of benzene rings is 1. The second-order valence-electron chi connectivity index (χ2n) is 6.74. The summed E-state index contributed by atoms with van der Waals surface area (Å²) in [5, 5.41) is 19.2. The van der Waals surface area contributed by atoms with Gasteiger partial charge in [-0.15, -0.1) is 0 Å². The molecule has 6 nitrogen and oxygen atoms in total. The van der Waals surface area contributed by atoms with Crippen LogP contribution in [0.2, 0.25) is 0 Å². The highest BCUT2D eigenvalue weighted by Crippen LogP contribution is 2.29. The third kappa shape index (κ3) is 3.89. The maximum absolute atomic E-state index is 13.8. The molecule has 1 aliphatic rings. The second-order valence-corrected chi connectivity index (χ2v) is 6.74. The summed E-state index contributed by atoms with van der Waals surface area (Å²) >= 11 is 0. The van der Waals surface area contributed by atoms with E-state index in [1.54, 1.807) is 12.1 Å². The summed E-state index contributed by atoms with van der Waals surface area (Å²) in [5.41, 5.74) is 3.23. The predicted molar refractivity (Wildman–Crippen MR) is 106 cm³/mol. The fourth-order valence-corrected chi connectivity index (χ4v) is 3.51. The normalized spacial score (nSPS) is 15.9. The summed E-state index contributed by atoms with van der Waals surface area (Å²) < 4.78 is 19.5. The molecule has 0 spiro atoms. The molecule has 1 atom stereocenters. The molecule has 3 heterocycles. The first kappa shape index (κ1) is 18.8. The number of hydrogen-bond acceptors (Lipinski definition) is 6. The monoisotopic (exact) mass is 390 g/mol. The van der Waals surface area contributed by atoms with Gasteiger partial charge in [0.25, 0.3) is 5.88 Å². The van der Waals surface area contributed by atoms with E-state index in [1.165, 1.54) is 18.3 Å². The lowest BCUT2D eigenvalue weighted by Crippen LogP contribution is -2.26. The van der Waals surface area contributed by atoms with Crippen LogP contribution in [0.15, 0.2) is 54.7 Å². The molecule has 4 rings (SSSR count). The van der Waals surface area contributed by atoms with Crippen LogP contribution in [0.5, 0.6) is 5.88 Å². The van der Waals surface area contributed by atoms with Crippen LogP contribution in [0.25, 0.3) is 11.3 Å². The van der Waals surface area contributed by atoms with Crippen LogP contribution in [0.1, 0.15) is 17.7 Å². The molecule has 1 fully saturated rings. The van der Waals surface area contributed by atoms with E-state index in [1.807, 2.05) is 24.3 Å². The van der Waals surface area contributed by atoms with E-state index in [2.05, 4.69) is 20.9 Å². The number of pyridine rings is 2. The molecule has 1 saturated heterocycles. The lowest BCUT2D eigenvalue weighted by atomic mass is 10.0. The highest BCUT2D eigenvalue weighted by atomic mass is 19.1. The van der Waals surface area contributed by atoms with Crippen molar-refractivity contribution in [3.63, 3.8) is 0 Å². The first-order chi connectivity index (χ1) is 14.2. The Kier molecular flexibility index (Phi) is 5.36. The molecule has 146 valence electrons. The third-order valence-electron chi connectivity index (χ3n) is 4.91. The van der Waals surface area contributed by atoms with Gasteiger partial charge in [-0.25, -0.2) is 14.4 Å². The fraction of sp³-hybridized carbons (Fsp3) is 0.227. The summed E-state index contributed by atoms with van der Waals surface area (Å²) in [6.07, 6.45) is 2.00. The number of aliphatic hydroxyl groups excluding tert-OH is 1. The van der Waals surface area contributed by atoms with Gasteiger partial charge in [0, 0.05) is 24.7 Å². The van der Waals surface area contributed by atoms with E-state index in [0.717, 1.165) is 11.3 Å². The van der Waals surface area contributed by atoms with Crippen LogP contribution in [-0.4, -0.2) is 34.3 Å². The summed E-state index contributed by atoms with van der Waals surface area (Å²) in [6.45, 7) is 1.01. The van der Waals surface area contributed by atoms with Crippen LogP contribution in [0.4, 0.5) is 10.1 Å². The van der Waals surface area contributed by atoms with Crippen molar-refractivity contribution in [2.75, 3.05) is 18.0 Å². The van der Waals surface area contributed by atoms with Gasteiger partial charge in [0.2, 0.25) is 0 Å². The zero-order valence-corrected chi connectivity index (χ0v) is 15.6. The number of rotatable bonds is 5. The largest absolute Gasteiger partial charge is 0.470 e. The highest BCUT2D eigenvalue weighted by molar-refractivity contribution is 5.69. The van der Waals surface area contributed by atoms with Crippen LogP contribution in [0.3, 0.4) is 0 Å². The number of aromatic nitrogens is 2. The maximum Gasteiger partial charge on any atom is 0.250 e. The average molecular weight is 390 g/mol. The summed E-state index contributed by atoms with van der Waals surface area (Å²) in [7, 11) is 0. The van der Waals surface area contributed by atoms with Crippen molar-refractivity contribution in [1.82, 2.24) is 9.97 Å². The van der Waals surface area contributed by atoms with Crippen LogP contribution in [0, 0.1) is 17.1 Å². The number of halogens is 1. The van der Waals surface area contributed by atoms with Crippen molar-refractivity contribution in [2.24, 2.45) is 0 Å². The van der Waals surface area contributed by atoms with Gasteiger partial charge in [0.05, 0.1) is 41.9 Å². The van der Waals surface area contributed by atoms with Crippen molar-refractivity contribution in [3.8, 4) is 23.2 Å². The van der Waals surface area contributed by atoms with Crippen molar-refractivity contribution in [3.05, 3.63) is 71.8 Å². The SMILES string of the molecule is N#Cc1ccccc1-c1ccc(N2CC[C@H](Oc3ncccc3F)C2)c(CO)n1. The first-order valence-electron chi connectivity index (χ1n) is 9.32. The zero-order chi connectivity index (χ0) is 20.2. The molecule has 0 radical (unpaired) electrons. The molecular weight excluding hydrogens is 371 g/mol. The molecule has 1 aliphatic heterocycles. The van der Waals surface area contributed by atoms with E-state index in [-0.39, 0.29) is 18.6 Å². The molecule has 0 amide bonds. The Bertz CT molecular complexity index is 1070. The van der Waals surface area contributed by atoms with Gasteiger partial charge in [0.15, 0.2) is 5.82 Å². The summed E-state index contributed by atoms with van der Waals surface area (Å²) in [6, 6.07) is 16.0. The van der Waals surface area contributed by atoms with Gasteiger partial charge < -0.3 is 14.7 Å². The smallest absolute Gasteiger partial charge is 0.250 e. The van der Waals surface area contributed by atoms with Gasteiger partial charge in [0.1, 0.15) is 6.10 Å². The van der Waals surface area contributed by atoms with Crippen molar-refractivity contribution >= 4 is 5.69 Å². The van der Waals surface area contributed by atoms with Crippen LogP contribution in [-0.2, 0) is 6.61 Å². The lowest BCUT2D eigenvalue weighted by Gasteiger charge is -2.21. The molecule has 3 aromatic rings. The number of nitriles is 1. The Morgan fingerprint density at radius 1 is 1.21 bits per heavy atom. The molecule has 1 N–H and O–H groups in total. The van der Waals surface area contributed by atoms with Crippen LogP contribution < -0.4 is 9.64 Å². The van der Waals surface area contributed by atoms with Gasteiger partial charge in [-0.2, -0.15) is 5.26 Å². The molecule has 0 bridgehead atoms. The maximum atomic E-state index is 13.8. The van der Waals surface area contributed by atoms with E-state index in [9.17, 15) is 14.8 Å². The number of ether oxygens (including phenoxy) is 1. The number of nitrogens with zero attached hydrogens (tertiary/aromatic N) is 4. The molecule has 0 saturated carbocycles. The summed E-state index contributed by atoms with van der Waals surface area (Å²) in [4.78, 5) is 10.6. The van der Waals surface area contributed by atoms with E-state index >= 15 is 0 Å². The van der Waals surface area contributed by atoms with Gasteiger partial charge in [-0.1, -0.05) is 18.2 Å². The van der Waals surface area contributed by atoms with Crippen LogP contribution >= 0.6 is 0 Å². The Hall–Kier alpha value is -3.50.